The van der Waals surface area contributed by atoms with Gasteiger partial charge in [-0.05, 0) is 6.07 Å². The van der Waals surface area contributed by atoms with Crippen LogP contribution in [0.2, 0.25) is 0 Å². The lowest BCUT2D eigenvalue weighted by Gasteiger charge is -2.26. The molecule has 0 radical (unpaired) electrons. The Kier molecular flexibility index (Phi) is 2.66. The number of hydrogen-bond donors (Lipinski definition) is 1. The standard InChI is InChI=1S/C11H15N5O/c12-5-10-9(1-4-17-10)6-15-2-3-16-8-13-14-11(16)7-15/h1,4,8H,2-3,5-7,12H2. The Morgan fingerprint density at radius 3 is 3.24 bits per heavy atom. The Labute approximate surface area is 99.0 Å². The predicted octanol–water partition coefficient (Wildman–Crippen LogP) is 0.346. The maximum Gasteiger partial charge on any atom is 0.147 e. The Hall–Kier alpha value is -1.66. The largest absolute Gasteiger partial charge is 0.468 e. The molecular weight excluding hydrogens is 218 g/mol. The van der Waals surface area contributed by atoms with Crippen LogP contribution in [-0.4, -0.2) is 26.2 Å². The normalized spacial score (nSPS) is 16.1. The number of aromatic nitrogens is 3. The van der Waals surface area contributed by atoms with E-state index < -0.39 is 0 Å². The smallest absolute Gasteiger partial charge is 0.147 e. The summed E-state index contributed by atoms with van der Waals surface area (Å²) in [4.78, 5) is 2.33. The van der Waals surface area contributed by atoms with Crippen molar-refractivity contribution < 1.29 is 4.42 Å². The summed E-state index contributed by atoms with van der Waals surface area (Å²) in [5.74, 6) is 1.89. The van der Waals surface area contributed by atoms with E-state index in [1.165, 1.54) is 5.56 Å². The van der Waals surface area contributed by atoms with E-state index in [4.69, 9.17) is 10.2 Å². The maximum atomic E-state index is 5.62. The molecule has 90 valence electrons. The summed E-state index contributed by atoms with van der Waals surface area (Å²) in [7, 11) is 0. The molecule has 0 bridgehead atoms. The van der Waals surface area contributed by atoms with Crippen molar-refractivity contribution in [3.8, 4) is 0 Å². The van der Waals surface area contributed by atoms with Gasteiger partial charge in [0, 0.05) is 25.2 Å². The van der Waals surface area contributed by atoms with E-state index in [1.807, 2.05) is 6.07 Å². The first-order valence-corrected chi connectivity index (χ1v) is 5.71. The van der Waals surface area contributed by atoms with Crippen molar-refractivity contribution >= 4 is 0 Å². The van der Waals surface area contributed by atoms with Gasteiger partial charge in [0.1, 0.15) is 17.9 Å². The van der Waals surface area contributed by atoms with Crippen LogP contribution in [0.4, 0.5) is 0 Å². The lowest BCUT2D eigenvalue weighted by Crippen LogP contribution is -2.33. The average Bonchev–Trinajstić information content (AvgIpc) is 2.96. The van der Waals surface area contributed by atoms with E-state index in [0.29, 0.717) is 6.54 Å². The molecule has 0 aliphatic carbocycles. The first-order chi connectivity index (χ1) is 8.36. The Balaban J connectivity index is 1.72. The van der Waals surface area contributed by atoms with Crippen molar-refractivity contribution in [2.45, 2.75) is 26.2 Å². The van der Waals surface area contributed by atoms with Gasteiger partial charge < -0.3 is 14.7 Å². The third-order valence-corrected chi connectivity index (χ3v) is 3.13. The van der Waals surface area contributed by atoms with Crippen LogP contribution in [0.5, 0.6) is 0 Å². The molecule has 2 N–H and O–H groups in total. The SMILES string of the molecule is NCc1occc1CN1CCn2cnnc2C1. The van der Waals surface area contributed by atoms with Gasteiger partial charge in [-0.25, -0.2) is 0 Å². The van der Waals surface area contributed by atoms with E-state index in [0.717, 1.165) is 37.8 Å². The number of furan rings is 1. The molecule has 1 aliphatic heterocycles. The lowest BCUT2D eigenvalue weighted by atomic mass is 10.2. The molecule has 1 aliphatic rings. The monoisotopic (exact) mass is 233 g/mol. The molecule has 0 atom stereocenters. The second-order valence-corrected chi connectivity index (χ2v) is 4.22. The van der Waals surface area contributed by atoms with Crippen molar-refractivity contribution in [1.82, 2.24) is 19.7 Å². The Bertz CT molecular complexity index is 503. The highest BCUT2D eigenvalue weighted by molar-refractivity contribution is 5.16. The number of nitrogens with zero attached hydrogens (tertiary/aromatic N) is 4. The topological polar surface area (TPSA) is 73.1 Å². The molecule has 0 saturated heterocycles. The maximum absolute atomic E-state index is 5.62. The van der Waals surface area contributed by atoms with Gasteiger partial charge in [-0.2, -0.15) is 0 Å². The molecule has 3 heterocycles. The highest BCUT2D eigenvalue weighted by atomic mass is 16.3. The molecule has 0 aromatic carbocycles. The summed E-state index contributed by atoms with van der Waals surface area (Å²) < 4.78 is 7.42. The fourth-order valence-electron chi connectivity index (χ4n) is 2.18. The lowest BCUT2D eigenvalue weighted by molar-refractivity contribution is 0.207. The van der Waals surface area contributed by atoms with E-state index in [-0.39, 0.29) is 0 Å². The number of hydrogen-bond acceptors (Lipinski definition) is 5. The first kappa shape index (κ1) is 10.5. The van der Waals surface area contributed by atoms with Crippen molar-refractivity contribution in [1.29, 1.82) is 0 Å². The average molecular weight is 233 g/mol. The Morgan fingerprint density at radius 2 is 2.35 bits per heavy atom. The zero-order valence-electron chi connectivity index (χ0n) is 9.54. The highest BCUT2D eigenvalue weighted by Gasteiger charge is 2.18. The van der Waals surface area contributed by atoms with Gasteiger partial charge >= 0.3 is 0 Å². The third kappa shape index (κ3) is 1.96. The summed E-state index contributed by atoms with van der Waals surface area (Å²) >= 11 is 0. The minimum atomic E-state index is 0.451. The number of nitrogens with two attached hydrogens (primary N) is 1. The van der Waals surface area contributed by atoms with Crippen LogP contribution >= 0.6 is 0 Å². The van der Waals surface area contributed by atoms with Crippen LogP contribution in [0.25, 0.3) is 0 Å². The van der Waals surface area contributed by atoms with Gasteiger partial charge in [-0.1, -0.05) is 0 Å². The van der Waals surface area contributed by atoms with Gasteiger partial charge in [-0.3, -0.25) is 4.90 Å². The first-order valence-electron chi connectivity index (χ1n) is 5.71. The summed E-state index contributed by atoms with van der Waals surface area (Å²) in [6, 6.07) is 1.99. The summed E-state index contributed by atoms with van der Waals surface area (Å²) in [5.41, 5.74) is 6.79. The van der Waals surface area contributed by atoms with Gasteiger partial charge in [0.2, 0.25) is 0 Å². The van der Waals surface area contributed by atoms with Gasteiger partial charge in [-0.15, -0.1) is 10.2 Å². The Morgan fingerprint density at radius 1 is 1.41 bits per heavy atom. The molecule has 17 heavy (non-hydrogen) atoms. The number of fused-ring (bicyclic) bond motifs is 1. The van der Waals surface area contributed by atoms with Gasteiger partial charge in [0.15, 0.2) is 0 Å². The molecule has 2 aromatic heterocycles. The fraction of sp³-hybridized carbons (Fsp3) is 0.455. The zero-order valence-corrected chi connectivity index (χ0v) is 9.54. The predicted molar refractivity (Wildman–Crippen MR) is 60.7 cm³/mol. The molecule has 3 rings (SSSR count). The molecular formula is C11H15N5O. The van der Waals surface area contributed by atoms with Gasteiger partial charge in [0.25, 0.3) is 0 Å². The number of rotatable bonds is 3. The molecule has 6 nitrogen and oxygen atoms in total. The van der Waals surface area contributed by atoms with Gasteiger partial charge in [0.05, 0.1) is 19.4 Å². The summed E-state index contributed by atoms with van der Waals surface area (Å²) in [6.45, 7) is 4.08. The van der Waals surface area contributed by atoms with Crippen LogP contribution < -0.4 is 5.73 Å². The van der Waals surface area contributed by atoms with Crippen molar-refractivity contribution in [2.24, 2.45) is 5.73 Å². The summed E-state index contributed by atoms with van der Waals surface area (Å²) in [5, 5.41) is 8.02. The summed E-state index contributed by atoms with van der Waals surface area (Å²) in [6.07, 6.45) is 3.49. The molecule has 0 spiro atoms. The molecule has 0 fully saturated rings. The van der Waals surface area contributed by atoms with Crippen molar-refractivity contribution in [3.05, 3.63) is 35.8 Å². The second-order valence-electron chi connectivity index (χ2n) is 4.22. The van der Waals surface area contributed by atoms with E-state index in [9.17, 15) is 0 Å². The van der Waals surface area contributed by atoms with E-state index >= 15 is 0 Å². The third-order valence-electron chi connectivity index (χ3n) is 3.13. The van der Waals surface area contributed by atoms with Crippen molar-refractivity contribution in [3.63, 3.8) is 0 Å². The molecule has 0 unspecified atom stereocenters. The zero-order chi connectivity index (χ0) is 11.7. The van der Waals surface area contributed by atoms with Crippen LogP contribution in [0.1, 0.15) is 17.1 Å². The second kappa shape index (κ2) is 4.31. The van der Waals surface area contributed by atoms with Crippen LogP contribution in [-0.2, 0) is 26.2 Å². The fourth-order valence-corrected chi connectivity index (χ4v) is 2.18. The highest BCUT2D eigenvalue weighted by Crippen LogP contribution is 2.16. The van der Waals surface area contributed by atoms with Crippen LogP contribution in [0.15, 0.2) is 23.1 Å². The molecule has 0 saturated carbocycles. The molecule has 0 amide bonds. The van der Waals surface area contributed by atoms with E-state index in [2.05, 4.69) is 19.7 Å². The molecule has 2 aromatic rings. The van der Waals surface area contributed by atoms with Crippen LogP contribution in [0.3, 0.4) is 0 Å². The minimum absolute atomic E-state index is 0.451. The van der Waals surface area contributed by atoms with E-state index in [1.54, 1.807) is 12.6 Å². The quantitative estimate of drug-likeness (QED) is 0.828. The van der Waals surface area contributed by atoms with Crippen LogP contribution in [0, 0.1) is 0 Å². The minimum Gasteiger partial charge on any atom is -0.468 e. The molecule has 6 heteroatoms. The van der Waals surface area contributed by atoms with Crippen molar-refractivity contribution in [2.75, 3.05) is 6.54 Å².